The maximum Gasteiger partial charge on any atom is 0.388 e. The number of hydrogen-bond acceptors (Lipinski definition) is 4. The first-order valence-electron chi connectivity index (χ1n) is 7.25. The second-order valence-corrected chi connectivity index (χ2v) is 5.48. The summed E-state index contributed by atoms with van der Waals surface area (Å²) < 4.78 is 54.5. The van der Waals surface area contributed by atoms with Crippen LogP contribution in [0.15, 0.2) is 18.3 Å². The number of ether oxygens (including phenoxy) is 1. The molecule has 0 aromatic carbocycles. The van der Waals surface area contributed by atoms with Crippen molar-refractivity contribution in [2.75, 3.05) is 0 Å². The van der Waals surface area contributed by atoms with Gasteiger partial charge in [-0.1, -0.05) is 0 Å². The van der Waals surface area contributed by atoms with Crippen LogP contribution >= 0.6 is 0 Å². The first-order chi connectivity index (χ1) is 11.2. The van der Waals surface area contributed by atoms with E-state index >= 15 is 0 Å². The van der Waals surface area contributed by atoms with Crippen molar-refractivity contribution in [2.45, 2.75) is 50.5 Å². The SMILES string of the molecule is O=C(NCc1ccnc(OC(F)F)c1)N[C@@H]1CCC(F)(F)C[C@H]1O. The third-order valence-electron chi connectivity index (χ3n) is 3.57. The van der Waals surface area contributed by atoms with Crippen molar-refractivity contribution in [3.8, 4) is 5.88 Å². The summed E-state index contributed by atoms with van der Waals surface area (Å²) in [5, 5.41) is 14.5. The first-order valence-corrected chi connectivity index (χ1v) is 7.25. The van der Waals surface area contributed by atoms with Gasteiger partial charge in [-0.3, -0.25) is 0 Å². The number of amides is 2. The zero-order valence-electron chi connectivity index (χ0n) is 12.5. The Morgan fingerprint density at radius 3 is 2.92 bits per heavy atom. The zero-order chi connectivity index (χ0) is 17.7. The lowest BCUT2D eigenvalue weighted by atomic mass is 9.90. The van der Waals surface area contributed by atoms with Crippen molar-refractivity contribution >= 4 is 6.03 Å². The fraction of sp³-hybridized carbons (Fsp3) is 0.571. The summed E-state index contributed by atoms with van der Waals surface area (Å²) in [6.45, 7) is -3.01. The lowest BCUT2D eigenvalue weighted by molar-refractivity contribution is -0.0858. The Kier molecular flexibility index (Phi) is 5.81. The molecule has 1 aliphatic rings. The molecule has 1 aromatic rings. The molecular formula is C14H17F4N3O3. The summed E-state index contributed by atoms with van der Waals surface area (Å²) >= 11 is 0. The number of pyridine rings is 1. The molecule has 0 aliphatic heterocycles. The average molecular weight is 351 g/mol. The Hall–Kier alpha value is -2.10. The zero-order valence-corrected chi connectivity index (χ0v) is 12.5. The lowest BCUT2D eigenvalue weighted by Gasteiger charge is -2.33. The van der Waals surface area contributed by atoms with E-state index in [1.54, 1.807) is 0 Å². The Morgan fingerprint density at radius 1 is 1.50 bits per heavy atom. The predicted octanol–water partition coefficient (Wildman–Crippen LogP) is 2.03. The van der Waals surface area contributed by atoms with Crippen LogP contribution < -0.4 is 15.4 Å². The third-order valence-corrected chi connectivity index (χ3v) is 3.57. The number of halogens is 4. The van der Waals surface area contributed by atoms with Gasteiger partial charge in [-0.2, -0.15) is 8.78 Å². The van der Waals surface area contributed by atoms with Crippen LogP contribution in [0.4, 0.5) is 22.4 Å². The van der Waals surface area contributed by atoms with Crippen LogP contribution in [0.1, 0.15) is 24.8 Å². The van der Waals surface area contributed by atoms with Crippen LogP contribution in [0, 0.1) is 0 Å². The van der Waals surface area contributed by atoms with Crippen LogP contribution in [-0.2, 0) is 6.54 Å². The Balaban J connectivity index is 1.81. The number of aliphatic hydroxyl groups excluding tert-OH is 1. The predicted molar refractivity (Wildman–Crippen MR) is 74.8 cm³/mol. The summed E-state index contributed by atoms with van der Waals surface area (Å²) in [5.41, 5.74) is 0.464. The van der Waals surface area contributed by atoms with Crippen molar-refractivity contribution in [3.63, 3.8) is 0 Å². The summed E-state index contributed by atoms with van der Waals surface area (Å²) in [7, 11) is 0. The molecule has 0 bridgehead atoms. The van der Waals surface area contributed by atoms with Gasteiger partial charge in [0.05, 0.1) is 12.1 Å². The van der Waals surface area contributed by atoms with Crippen LogP contribution in [0.3, 0.4) is 0 Å². The number of rotatable bonds is 5. The van der Waals surface area contributed by atoms with Crippen LogP contribution in [0.25, 0.3) is 0 Å². The van der Waals surface area contributed by atoms with E-state index in [2.05, 4.69) is 20.4 Å². The number of hydrogen-bond donors (Lipinski definition) is 3. The molecule has 134 valence electrons. The molecule has 1 heterocycles. The summed E-state index contributed by atoms with van der Waals surface area (Å²) in [5.74, 6) is -3.21. The first kappa shape index (κ1) is 18.2. The van der Waals surface area contributed by atoms with Crippen molar-refractivity contribution in [1.82, 2.24) is 15.6 Å². The number of carbonyl (C=O) groups excluding carboxylic acids is 1. The van der Waals surface area contributed by atoms with E-state index in [4.69, 9.17) is 0 Å². The highest BCUT2D eigenvalue weighted by atomic mass is 19.3. The van der Waals surface area contributed by atoms with Crippen molar-refractivity contribution in [2.24, 2.45) is 0 Å². The number of urea groups is 1. The molecule has 2 amide bonds. The fourth-order valence-electron chi connectivity index (χ4n) is 2.40. The molecule has 0 radical (unpaired) electrons. The summed E-state index contributed by atoms with van der Waals surface area (Å²) in [6.07, 6.45) is -1.22. The molecule has 2 atom stereocenters. The van der Waals surface area contributed by atoms with Crippen LogP contribution in [0.5, 0.6) is 5.88 Å². The highest BCUT2D eigenvalue weighted by molar-refractivity contribution is 5.74. The van der Waals surface area contributed by atoms with E-state index < -0.39 is 43.6 Å². The van der Waals surface area contributed by atoms with E-state index in [1.807, 2.05) is 0 Å². The maximum atomic E-state index is 13.1. The minimum Gasteiger partial charge on any atom is -0.417 e. The second kappa shape index (κ2) is 7.65. The molecule has 10 heteroatoms. The number of nitrogens with zero attached hydrogens (tertiary/aromatic N) is 1. The smallest absolute Gasteiger partial charge is 0.388 e. The fourth-order valence-corrected chi connectivity index (χ4v) is 2.40. The highest BCUT2D eigenvalue weighted by Crippen LogP contribution is 2.33. The highest BCUT2D eigenvalue weighted by Gasteiger charge is 2.41. The molecule has 1 aliphatic carbocycles. The standard InChI is InChI=1S/C14H17F4N3O3/c15-12(16)24-11-5-8(2-4-19-11)7-20-13(23)21-9-1-3-14(17,18)6-10(9)22/h2,4-5,9-10,12,22H,1,3,6-7H2,(H2,20,21,23)/t9-,10-/m1/s1. The van der Waals surface area contributed by atoms with Gasteiger partial charge >= 0.3 is 12.6 Å². The van der Waals surface area contributed by atoms with Gasteiger partial charge in [-0.15, -0.1) is 0 Å². The molecule has 2 rings (SSSR count). The van der Waals surface area contributed by atoms with Crippen molar-refractivity contribution < 1.29 is 32.2 Å². The molecule has 0 spiro atoms. The van der Waals surface area contributed by atoms with Gasteiger partial charge in [0.25, 0.3) is 5.92 Å². The minimum atomic E-state index is -3.00. The number of aromatic nitrogens is 1. The molecule has 0 unspecified atom stereocenters. The summed E-state index contributed by atoms with van der Waals surface area (Å²) in [4.78, 5) is 15.4. The third kappa shape index (κ3) is 5.52. The number of alkyl halides is 4. The van der Waals surface area contributed by atoms with Gasteiger partial charge in [-0.05, 0) is 18.1 Å². The van der Waals surface area contributed by atoms with Crippen molar-refractivity contribution in [1.29, 1.82) is 0 Å². The van der Waals surface area contributed by atoms with E-state index in [0.717, 1.165) is 0 Å². The number of aliphatic hydroxyl groups is 1. The Bertz CT molecular complexity index is 574. The molecule has 24 heavy (non-hydrogen) atoms. The summed E-state index contributed by atoms with van der Waals surface area (Å²) in [6, 6.07) is 1.31. The molecule has 0 saturated heterocycles. The molecule has 1 aromatic heterocycles. The van der Waals surface area contributed by atoms with E-state index in [9.17, 15) is 27.5 Å². The Morgan fingerprint density at radius 2 is 2.25 bits per heavy atom. The second-order valence-electron chi connectivity index (χ2n) is 5.48. The van der Waals surface area contributed by atoms with Gasteiger partial charge in [0.15, 0.2) is 0 Å². The maximum absolute atomic E-state index is 13.1. The van der Waals surface area contributed by atoms with Gasteiger partial charge in [0.2, 0.25) is 5.88 Å². The van der Waals surface area contributed by atoms with E-state index in [-0.39, 0.29) is 18.8 Å². The van der Waals surface area contributed by atoms with Gasteiger partial charge in [0, 0.05) is 31.6 Å². The quantitative estimate of drug-likeness (QED) is 0.709. The van der Waals surface area contributed by atoms with E-state index in [1.165, 1.54) is 18.3 Å². The lowest BCUT2D eigenvalue weighted by Crippen LogP contribution is -2.52. The Labute approximate surface area is 135 Å². The molecule has 6 nitrogen and oxygen atoms in total. The topological polar surface area (TPSA) is 83.5 Å². The number of nitrogens with one attached hydrogen (secondary N) is 2. The largest absolute Gasteiger partial charge is 0.417 e. The van der Waals surface area contributed by atoms with Crippen LogP contribution in [0.2, 0.25) is 0 Å². The normalized spacial score (nSPS) is 22.9. The van der Waals surface area contributed by atoms with Crippen molar-refractivity contribution in [3.05, 3.63) is 23.9 Å². The monoisotopic (exact) mass is 351 g/mol. The molecule has 1 fully saturated rings. The number of carbonyl (C=O) groups is 1. The molecule has 1 saturated carbocycles. The molecular weight excluding hydrogens is 334 g/mol. The van der Waals surface area contributed by atoms with Crippen LogP contribution in [-0.4, -0.2) is 40.8 Å². The average Bonchev–Trinajstić information content (AvgIpc) is 2.47. The van der Waals surface area contributed by atoms with E-state index in [0.29, 0.717) is 5.56 Å². The molecule has 3 N–H and O–H groups in total. The van der Waals surface area contributed by atoms with Gasteiger partial charge < -0.3 is 20.5 Å². The minimum absolute atomic E-state index is 0.00702. The van der Waals surface area contributed by atoms with Gasteiger partial charge in [-0.25, -0.2) is 18.6 Å². The van der Waals surface area contributed by atoms with Gasteiger partial charge in [0.1, 0.15) is 0 Å².